The van der Waals surface area contributed by atoms with Crippen LogP contribution in [0.15, 0.2) is 23.3 Å². The summed E-state index contributed by atoms with van der Waals surface area (Å²) in [4.78, 5) is 11.5. The quantitative estimate of drug-likeness (QED) is 0.572. The van der Waals surface area contributed by atoms with E-state index < -0.39 is 5.97 Å². The molecule has 0 saturated heterocycles. The number of hydrogen-bond acceptors (Lipinski definition) is 3. The number of carboxylic acids is 1. The number of unbranched alkanes of at least 4 members (excludes halogenated alkanes) is 1. The van der Waals surface area contributed by atoms with E-state index in [9.17, 15) is 9.90 Å². The van der Waals surface area contributed by atoms with Crippen LogP contribution < -0.4 is 10.6 Å². The molecule has 1 rings (SSSR count). The SMILES string of the molecule is CCCCC(CC)CC1=C(C(=O)O)C=CC(NC)(NC)C1. The Hall–Kier alpha value is -1.13. The Kier molecular flexibility index (Phi) is 7.12. The highest BCUT2D eigenvalue weighted by atomic mass is 16.4. The molecular formula is C17H30N2O2. The second-order valence-electron chi connectivity index (χ2n) is 5.92. The third-order valence-corrected chi connectivity index (χ3v) is 4.61. The highest BCUT2D eigenvalue weighted by Crippen LogP contribution is 2.32. The van der Waals surface area contributed by atoms with Crippen molar-refractivity contribution in [3.63, 3.8) is 0 Å². The van der Waals surface area contributed by atoms with Crippen LogP contribution in [-0.4, -0.2) is 30.8 Å². The molecule has 4 heteroatoms. The minimum Gasteiger partial charge on any atom is -0.478 e. The number of carboxylic acid groups (broad SMARTS) is 1. The van der Waals surface area contributed by atoms with E-state index in [1.54, 1.807) is 6.08 Å². The summed E-state index contributed by atoms with van der Waals surface area (Å²) in [5.41, 5.74) is 1.21. The molecule has 0 aliphatic heterocycles. The van der Waals surface area contributed by atoms with Gasteiger partial charge in [0, 0.05) is 6.42 Å². The highest BCUT2D eigenvalue weighted by Gasteiger charge is 2.31. The van der Waals surface area contributed by atoms with Crippen molar-refractivity contribution in [3.8, 4) is 0 Å². The topological polar surface area (TPSA) is 61.4 Å². The minimum atomic E-state index is -0.813. The maximum atomic E-state index is 11.5. The average molecular weight is 294 g/mol. The molecule has 21 heavy (non-hydrogen) atoms. The Balaban J connectivity index is 2.95. The molecule has 0 spiro atoms. The monoisotopic (exact) mass is 294 g/mol. The van der Waals surface area contributed by atoms with Gasteiger partial charge in [0.15, 0.2) is 0 Å². The summed E-state index contributed by atoms with van der Waals surface area (Å²) in [6, 6.07) is 0. The van der Waals surface area contributed by atoms with Crippen LogP contribution in [0.4, 0.5) is 0 Å². The van der Waals surface area contributed by atoms with Gasteiger partial charge in [-0.2, -0.15) is 0 Å². The fourth-order valence-electron chi connectivity index (χ4n) is 3.00. The molecule has 0 radical (unpaired) electrons. The molecule has 3 N–H and O–H groups in total. The van der Waals surface area contributed by atoms with Gasteiger partial charge in [-0.05, 0) is 38.6 Å². The summed E-state index contributed by atoms with van der Waals surface area (Å²) in [6.45, 7) is 4.40. The predicted octanol–water partition coefficient (Wildman–Crippen LogP) is 3.07. The van der Waals surface area contributed by atoms with E-state index in [0.717, 1.165) is 18.4 Å². The first kappa shape index (κ1) is 17.9. The average Bonchev–Trinajstić information content (AvgIpc) is 2.50. The van der Waals surface area contributed by atoms with E-state index in [0.29, 0.717) is 17.9 Å². The zero-order chi connectivity index (χ0) is 15.9. The number of aliphatic carboxylic acids is 1. The molecule has 0 saturated carbocycles. The van der Waals surface area contributed by atoms with Gasteiger partial charge in [-0.3, -0.25) is 10.6 Å². The Labute approximate surface area is 128 Å². The third kappa shape index (κ3) is 4.68. The van der Waals surface area contributed by atoms with Gasteiger partial charge in [0.2, 0.25) is 0 Å². The zero-order valence-electron chi connectivity index (χ0n) is 13.8. The van der Waals surface area contributed by atoms with Crippen molar-refractivity contribution >= 4 is 5.97 Å². The number of hydrogen-bond donors (Lipinski definition) is 3. The molecule has 0 aromatic heterocycles. The summed E-state index contributed by atoms with van der Waals surface area (Å²) in [5.74, 6) is -0.236. The third-order valence-electron chi connectivity index (χ3n) is 4.61. The lowest BCUT2D eigenvalue weighted by Gasteiger charge is -2.35. The Bertz CT molecular complexity index is 409. The van der Waals surface area contributed by atoms with Crippen molar-refractivity contribution in [1.29, 1.82) is 0 Å². The van der Waals surface area contributed by atoms with E-state index in [4.69, 9.17) is 0 Å². The van der Waals surface area contributed by atoms with Gasteiger partial charge in [-0.1, -0.05) is 45.1 Å². The standard InChI is InChI=1S/C17H30N2O2/c1-5-7-8-13(6-2)11-14-12-17(18-3,19-4)10-9-15(14)16(20)21/h9-10,13,18-19H,5-8,11-12H2,1-4H3,(H,20,21). The summed E-state index contributed by atoms with van der Waals surface area (Å²) in [5, 5.41) is 16.0. The molecule has 0 aromatic rings. The Morgan fingerprint density at radius 3 is 2.52 bits per heavy atom. The van der Waals surface area contributed by atoms with E-state index >= 15 is 0 Å². The molecule has 4 nitrogen and oxygen atoms in total. The van der Waals surface area contributed by atoms with E-state index in [2.05, 4.69) is 24.5 Å². The largest absolute Gasteiger partial charge is 0.478 e. The minimum absolute atomic E-state index is 0.322. The number of carbonyl (C=O) groups is 1. The molecule has 1 unspecified atom stereocenters. The first-order chi connectivity index (χ1) is 10.0. The van der Waals surface area contributed by atoms with Crippen molar-refractivity contribution in [1.82, 2.24) is 10.6 Å². The van der Waals surface area contributed by atoms with Crippen LogP contribution in [0.5, 0.6) is 0 Å². The molecule has 0 aromatic carbocycles. The molecule has 0 amide bonds. The van der Waals surface area contributed by atoms with Crippen LogP contribution in [0.25, 0.3) is 0 Å². The number of nitrogens with one attached hydrogen (secondary N) is 2. The molecule has 0 fully saturated rings. The Morgan fingerprint density at radius 2 is 2.05 bits per heavy atom. The molecule has 1 atom stereocenters. The summed E-state index contributed by atoms with van der Waals surface area (Å²) < 4.78 is 0. The van der Waals surface area contributed by atoms with Gasteiger partial charge < -0.3 is 5.11 Å². The number of likely N-dealkylation sites (N-methyl/N-ethyl adjacent to an activating group) is 2. The van der Waals surface area contributed by atoms with Crippen LogP contribution in [0.3, 0.4) is 0 Å². The van der Waals surface area contributed by atoms with Gasteiger partial charge in [0.25, 0.3) is 0 Å². The molecular weight excluding hydrogens is 264 g/mol. The van der Waals surface area contributed by atoms with E-state index in [1.165, 1.54) is 19.3 Å². The van der Waals surface area contributed by atoms with Crippen molar-refractivity contribution in [2.24, 2.45) is 5.92 Å². The fraction of sp³-hybridized carbons (Fsp3) is 0.706. The summed E-state index contributed by atoms with van der Waals surface area (Å²) in [6.07, 6.45) is 9.96. The van der Waals surface area contributed by atoms with Gasteiger partial charge in [-0.15, -0.1) is 0 Å². The van der Waals surface area contributed by atoms with Crippen molar-refractivity contribution in [3.05, 3.63) is 23.3 Å². The second-order valence-corrected chi connectivity index (χ2v) is 5.92. The molecule has 0 bridgehead atoms. The smallest absolute Gasteiger partial charge is 0.335 e. The van der Waals surface area contributed by atoms with Gasteiger partial charge in [0.05, 0.1) is 11.2 Å². The van der Waals surface area contributed by atoms with Gasteiger partial charge in [-0.25, -0.2) is 4.79 Å². The predicted molar refractivity (Wildman–Crippen MR) is 87.2 cm³/mol. The molecule has 1 aliphatic rings. The van der Waals surface area contributed by atoms with E-state index in [1.807, 2.05) is 20.2 Å². The lowest BCUT2D eigenvalue weighted by atomic mass is 9.82. The van der Waals surface area contributed by atoms with Crippen LogP contribution in [-0.2, 0) is 4.79 Å². The summed E-state index contributed by atoms with van der Waals surface area (Å²) >= 11 is 0. The first-order valence-corrected chi connectivity index (χ1v) is 8.04. The molecule has 1 aliphatic carbocycles. The Morgan fingerprint density at radius 1 is 1.38 bits per heavy atom. The van der Waals surface area contributed by atoms with Crippen molar-refractivity contribution in [2.75, 3.05) is 14.1 Å². The zero-order valence-corrected chi connectivity index (χ0v) is 13.8. The normalized spacial score (nSPS) is 18.9. The maximum absolute atomic E-state index is 11.5. The van der Waals surface area contributed by atoms with Crippen molar-refractivity contribution in [2.45, 2.75) is 58.0 Å². The van der Waals surface area contributed by atoms with Crippen LogP contribution in [0.1, 0.15) is 52.4 Å². The van der Waals surface area contributed by atoms with Crippen molar-refractivity contribution < 1.29 is 9.90 Å². The number of rotatable bonds is 9. The highest BCUT2D eigenvalue weighted by molar-refractivity contribution is 5.91. The van der Waals surface area contributed by atoms with Crippen LogP contribution in [0.2, 0.25) is 0 Å². The maximum Gasteiger partial charge on any atom is 0.335 e. The molecule has 0 heterocycles. The molecule has 120 valence electrons. The second kappa shape index (κ2) is 8.35. The lowest BCUT2D eigenvalue weighted by molar-refractivity contribution is -0.132. The van der Waals surface area contributed by atoms with Crippen LogP contribution in [0, 0.1) is 5.92 Å². The van der Waals surface area contributed by atoms with Gasteiger partial charge >= 0.3 is 5.97 Å². The summed E-state index contributed by atoms with van der Waals surface area (Å²) in [7, 11) is 3.80. The van der Waals surface area contributed by atoms with E-state index in [-0.39, 0.29) is 5.66 Å². The lowest BCUT2D eigenvalue weighted by Crippen LogP contribution is -2.53. The van der Waals surface area contributed by atoms with Crippen LogP contribution >= 0.6 is 0 Å². The van der Waals surface area contributed by atoms with Gasteiger partial charge in [0.1, 0.15) is 0 Å². The fourth-order valence-corrected chi connectivity index (χ4v) is 3.00. The first-order valence-electron chi connectivity index (χ1n) is 8.04.